The lowest BCUT2D eigenvalue weighted by Crippen LogP contribution is -2.29. The number of fused-ring (bicyclic) bond motifs is 1. The molecule has 0 saturated carbocycles. The number of esters is 1. The van der Waals surface area contributed by atoms with Gasteiger partial charge in [-0.25, -0.2) is 4.98 Å². The minimum atomic E-state index is -0.471. The van der Waals surface area contributed by atoms with Gasteiger partial charge in [-0.3, -0.25) is 9.59 Å². The van der Waals surface area contributed by atoms with Gasteiger partial charge >= 0.3 is 5.97 Å². The minimum absolute atomic E-state index is 0.0515. The number of aromatic nitrogens is 1. The van der Waals surface area contributed by atoms with Gasteiger partial charge in [0.2, 0.25) is 0 Å². The standard InChI is InChI=1S/C16H20N2O4S/c1-2-3-6-9-17-14(19)10-21-15(20)11-23-16-18-12-7-4-5-8-13(12)22-16/h4-5,7-8H,2-3,6,9-11H2,1H3,(H,17,19). The number of carbonyl (C=O) groups is 2. The number of para-hydroxylation sites is 2. The molecular weight excluding hydrogens is 316 g/mol. The Morgan fingerprint density at radius 3 is 2.91 bits per heavy atom. The Labute approximate surface area is 139 Å². The number of unbranched alkanes of at least 4 members (excludes halogenated alkanes) is 2. The Bertz CT molecular complexity index is 623. The zero-order chi connectivity index (χ0) is 16.5. The highest BCUT2D eigenvalue weighted by atomic mass is 32.2. The van der Waals surface area contributed by atoms with Crippen molar-refractivity contribution in [1.82, 2.24) is 10.3 Å². The van der Waals surface area contributed by atoms with Crippen molar-refractivity contribution in [2.45, 2.75) is 31.4 Å². The van der Waals surface area contributed by atoms with Crippen LogP contribution < -0.4 is 5.32 Å². The molecule has 6 nitrogen and oxygen atoms in total. The van der Waals surface area contributed by atoms with Crippen molar-refractivity contribution in [2.75, 3.05) is 18.9 Å². The summed E-state index contributed by atoms with van der Waals surface area (Å²) in [6, 6.07) is 7.37. The maximum atomic E-state index is 11.6. The maximum absolute atomic E-state index is 11.6. The molecule has 2 aromatic rings. The number of nitrogens with one attached hydrogen (secondary N) is 1. The van der Waals surface area contributed by atoms with Crippen molar-refractivity contribution >= 4 is 34.7 Å². The smallest absolute Gasteiger partial charge is 0.316 e. The minimum Gasteiger partial charge on any atom is -0.455 e. The van der Waals surface area contributed by atoms with Gasteiger partial charge in [0.05, 0.1) is 0 Å². The predicted molar refractivity (Wildman–Crippen MR) is 88.2 cm³/mol. The van der Waals surface area contributed by atoms with Crippen LogP contribution in [0.1, 0.15) is 26.2 Å². The molecule has 1 heterocycles. The highest BCUT2D eigenvalue weighted by Crippen LogP contribution is 2.22. The summed E-state index contributed by atoms with van der Waals surface area (Å²) in [6.45, 7) is 2.46. The molecule has 0 aliphatic carbocycles. The molecule has 0 aliphatic heterocycles. The van der Waals surface area contributed by atoms with Crippen molar-refractivity contribution < 1.29 is 18.7 Å². The SMILES string of the molecule is CCCCCNC(=O)COC(=O)CSc1nc2ccccc2o1. The molecule has 7 heteroatoms. The van der Waals surface area contributed by atoms with Crippen LogP contribution in [0.25, 0.3) is 11.1 Å². The number of thioether (sulfide) groups is 1. The summed E-state index contributed by atoms with van der Waals surface area (Å²) in [7, 11) is 0. The summed E-state index contributed by atoms with van der Waals surface area (Å²) in [6.07, 6.45) is 3.10. The number of benzene rings is 1. The molecule has 0 radical (unpaired) electrons. The quantitative estimate of drug-likeness (QED) is 0.431. The van der Waals surface area contributed by atoms with Crippen LogP contribution in [0, 0.1) is 0 Å². The van der Waals surface area contributed by atoms with Crippen molar-refractivity contribution in [3.05, 3.63) is 24.3 Å². The van der Waals surface area contributed by atoms with Gasteiger partial charge < -0.3 is 14.5 Å². The lowest BCUT2D eigenvalue weighted by Gasteiger charge is -2.05. The van der Waals surface area contributed by atoms with E-state index in [-0.39, 0.29) is 18.3 Å². The average Bonchev–Trinajstić information content (AvgIpc) is 2.98. The normalized spacial score (nSPS) is 10.7. The number of oxazole rings is 1. The van der Waals surface area contributed by atoms with Gasteiger partial charge in [0.1, 0.15) is 11.3 Å². The summed E-state index contributed by atoms with van der Waals surface area (Å²) < 4.78 is 10.4. The first-order chi connectivity index (χ1) is 11.2. The number of rotatable bonds is 9. The van der Waals surface area contributed by atoms with Crippen molar-refractivity contribution in [3.63, 3.8) is 0 Å². The fourth-order valence-electron chi connectivity index (χ4n) is 1.88. The molecule has 124 valence electrons. The van der Waals surface area contributed by atoms with Gasteiger partial charge in [-0.15, -0.1) is 0 Å². The van der Waals surface area contributed by atoms with Gasteiger partial charge in [-0.2, -0.15) is 0 Å². The van der Waals surface area contributed by atoms with Gasteiger partial charge in [0, 0.05) is 6.54 Å². The first-order valence-electron chi connectivity index (χ1n) is 7.59. The summed E-state index contributed by atoms with van der Waals surface area (Å²) >= 11 is 1.15. The van der Waals surface area contributed by atoms with Crippen LogP contribution in [0.15, 0.2) is 33.9 Å². The average molecular weight is 336 g/mol. The molecule has 23 heavy (non-hydrogen) atoms. The van der Waals surface area contributed by atoms with E-state index in [1.807, 2.05) is 24.3 Å². The molecule has 0 bridgehead atoms. The second-order valence-corrected chi connectivity index (χ2v) is 5.88. The molecule has 1 N–H and O–H groups in total. The van der Waals surface area contributed by atoms with Crippen LogP contribution in [-0.4, -0.2) is 35.8 Å². The van der Waals surface area contributed by atoms with E-state index in [2.05, 4.69) is 17.2 Å². The zero-order valence-electron chi connectivity index (χ0n) is 13.0. The lowest BCUT2D eigenvalue weighted by atomic mass is 10.2. The van der Waals surface area contributed by atoms with E-state index < -0.39 is 5.97 Å². The first kappa shape index (κ1) is 17.3. The van der Waals surface area contributed by atoms with E-state index in [1.165, 1.54) is 0 Å². The molecule has 1 amide bonds. The van der Waals surface area contributed by atoms with Crippen LogP contribution in [0.2, 0.25) is 0 Å². The van der Waals surface area contributed by atoms with E-state index in [1.54, 1.807) is 0 Å². The fourth-order valence-corrected chi connectivity index (χ4v) is 2.51. The monoisotopic (exact) mass is 336 g/mol. The Hall–Kier alpha value is -2.02. The van der Waals surface area contributed by atoms with Crippen molar-refractivity contribution in [1.29, 1.82) is 0 Å². The van der Waals surface area contributed by atoms with Crippen molar-refractivity contribution in [2.24, 2.45) is 0 Å². The summed E-state index contributed by atoms with van der Waals surface area (Å²) in [5.41, 5.74) is 1.42. The molecule has 1 aromatic carbocycles. The fraction of sp³-hybridized carbons (Fsp3) is 0.438. The molecule has 2 rings (SSSR count). The highest BCUT2D eigenvalue weighted by molar-refractivity contribution is 7.99. The van der Waals surface area contributed by atoms with Crippen molar-refractivity contribution in [3.8, 4) is 0 Å². The molecule has 0 atom stereocenters. The van der Waals surface area contributed by atoms with Crippen LogP contribution in [0.4, 0.5) is 0 Å². The Balaban J connectivity index is 1.65. The second kappa shape index (κ2) is 9.19. The van der Waals surface area contributed by atoms with Gasteiger partial charge in [-0.05, 0) is 18.6 Å². The summed E-state index contributed by atoms with van der Waals surface area (Å²) in [5.74, 6) is -0.696. The van der Waals surface area contributed by atoms with Crippen LogP contribution in [-0.2, 0) is 14.3 Å². The van der Waals surface area contributed by atoms with E-state index in [4.69, 9.17) is 9.15 Å². The first-order valence-corrected chi connectivity index (χ1v) is 8.58. The highest BCUT2D eigenvalue weighted by Gasteiger charge is 2.11. The Kier molecular flexibility index (Phi) is 6.93. The van der Waals surface area contributed by atoms with E-state index in [0.29, 0.717) is 17.4 Å². The molecule has 0 aliphatic rings. The topological polar surface area (TPSA) is 81.4 Å². The van der Waals surface area contributed by atoms with Gasteiger partial charge in [0.25, 0.3) is 11.1 Å². The Morgan fingerprint density at radius 1 is 1.30 bits per heavy atom. The predicted octanol–water partition coefficient (Wildman–Crippen LogP) is 2.77. The molecular formula is C16H20N2O4S. The third-order valence-electron chi connectivity index (χ3n) is 3.05. The van der Waals surface area contributed by atoms with Crippen LogP contribution in [0.3, 0.4) is 0 Å². The van der Waals surface area contributed by atoms with E-state index in [9.17, 15) is 9.59 Å². The summed E-state index contributed by atoms with van der Waals surface area (Å²) in [5, 5.41) is 3.12. The van der Waals surface area contributed by atoms with E-state index in [0.717, 1.165) is 36.5 Å². The number of carbonyl (C=O) groups excluding carboxylic acids is 2. The number of nitrogens with zero attached hydrogens (tertiary/aromatic N) is 1. The number of amides is 1. The second-order valence-electron chi connectivity index (χ2n) is 4.95. The molecule has 1 aromatic heterocycles. The number of hydrogen-bond acceptors (Lipinski definition) is 6. The number of ether oxygens (including phenoxy) is 1. The third kappa shape index (κ3) is 5.94. The largest absolute Gasteiger partial charge is 0.455 e. The van der Waals surface area contributed by atoms with Gasteiger partial charge in [0.15, 0.2) is 12.2 Å². The number of hydrogen-bond donors (Lipinski definition) is 1. The van der Waals surface area contributed by atoms with E-state index >= 15 is 0 Å². The third-order valence-corrected chi connectivity index (χ3v) is 3.86. The van der Waals surface area contributed by atoms with Gasteiger partial charge in [-0.1, -0.05) is 43.7 Å². The maximum Gasteiger partial charge on any atom is 0.316 e. The Morgan fingerprint density at radius 2 is 2.13 bits per heavy atom. The molecule has 0 saturated heterocycles. The zero-order valence-corrected chi connectivity index (χ0v) is 13.9. The summed E-state index contributed by atoms with van der Waals surface area (Å²) in [4.78, 5) is 27.3. The lowest BCUT2D eigenvalue weighted by molar-refractivity contribution is -0.145. The molecule has 0 unspecified atom stereocenters. The molecule has 0 spiro atoms. The molecule has 0 fully saturated rings. The van der Waals surface area contributed by atoms with Crippen LogP contribution >= 0.6 is 11.8 Å². The van der Waals surface area contributed by atoms with Crippen LogP contribution in [0.5, 0.6) is 0 Å².